The zero-order valence-electron chi connectivity index (χ0n) is 10.8. The van der Waals surface area contributed by atoms with Crippen LogP contribution in [0.5, 0.6) is 0 Å². The van der Waals surface area contributed by atoms with Crippen molar-refractivity contribution in [3.8, 4) is 0 Å². The van der Waals surface area contributed by atoms with Gasteiger partial charge in [0.15, 0.2) is 0 Å². The summed E-state index contributed by atoms with van der Waals surface area (Å²) in [6.45, 7) is 1.91. The Kier molecular flexibility index (Phi) is 5.62. The molecule has 0 aliphatic carbocycles. The molecule has 0 atom stereocenters. The highest BCUT2D eigenvalue weighted by Gasteiger charge is 2.28. The predicted octanol–water partition coefficient (Wildman–Crippen LogP) is 2.62. The number of halogens is 2. The van der Waals surface area contributed by atoms with Crippen molar-refractivity contribution < 1.29 is 27.3 Å². The van der Waals surface area contributed by atoms with Gasteiger partial charge in [-0.2, -0.15) is 4.39 Å². The number of nitro benzene ring substituents is 1. The Hall–Kier alpha value is -1.74. The number of esters is 1. The Labute approximate surface area is 124 Å². The molecule has 0 radical (unpaired) electrons. The third-order valence-corrected chi connectivity index (χ3v) is 3.77. The minimum absolute atomic E-state index is 0.0590. The zero-order valence-corrected chi connectivity index (χ0v) is 12.4. The highest BCUT2D eigenvalue weighted by atomic mass is 35.7. The lowest BCUT2D eigenvalue weighted by atomic mass is 10.2. The van der Waals surface area contributed by atoms with Crippen molar-refractivity contribution >= 4 is 31.4 Å². The molecule has 0 heterocycles. The van der Waals surface area contributed by atoms with Crippen molar-refractivity contribution in [3.05, 3.63) is 33.6 Å². The monoisotopic (exact) mass is 339 g/mol. The van der Waals surface area contributed by atoms with Crippen LogP contribution in [0.1, 0.15) is 30.1 Å². The maximum Gasteiger partial charge on any atom is 0.338 e. The second-order valence-corrected chi connectivity index (χ2v) is 6.53. The largest absolute Gasteiger partial charge is 0.462 e. The van der Waals surface area contributed by atoms with Gasteiger partial charge in [0.1, 0.15) is 4.90 Å². The van der Waals surface area contributed by atoms with Crippen LogP contribution in [0.15, 0.2) is 17.0 Å². The zero-order chi connectivity index (χ0) is 16.2. The van der Waals surface area contributed by atoms with Gasteiger partial charge in [0.2, 0.25) is 5.82 Å². The highest BCUT2D eigenvalue weighted by Crippen LogP contribution is 2.28. The van der Waals surface area contributed by atoms with Crippen molar-refractivity contribution in [2.24, 2.45) is 0 Å². The average Bonchev–Trinajstić information content (AvgIpc) is 2.37. The standard InChI is InChI=1S/C11H11ClFNO6S/c1-2-3-4-20-11(15)7-5-8(14(16)17)10(13)9(6-7)21(12,18)19/h5-6H,2-4H2,1H3. The Balaban J connectivity index is 3.31. The molecule has 0 unspecified atom stereocenters. The molecular weight excluding hydrogens is 329 g/mol. The first kappa shape index (κ1) is 17.3. The molecule has 0 amide bonds. The van der Waals surface area contributed by atoms with Gasteiger partial charge in [-0.1, -0.05) is 13.3 Å². The van der Waals surface area contributed by atoms with Gasteiger partial charge in [0.05, 0.1) is 17.1 Å². The molecule has 0 aliphatic rings. The predicted molar refractivity (Wildman–Crippen MR) is 71.3 cm³/mol. The average molecular weight is 340 g/mol. The molecule has 0 N–H and O–H groups in total. The van der Waals surface area contributed by atoms with Gasteiger partial charge >= 0.3 is 11.7 Å². The molecule has 10 heteroatoms. The van der Waals surface area contributed by atoms with Crippen LogP contribution in [0.3, 0.4) is 0 Å². The second-order valence-electron chi connectivity index (χ2n) is 3.99. The molecule has 1 rings (SSSR count). The summed E-state index contributed by atoms with van der Waals surface area (Å²) in [5, 5.41) is 10.7. The summed E-state index contributed by atoms with van der Waals surface area (Å²) < 4.78 is 40.9. The summed E-state index contributed by atoms with van der Waals surface area (Å²) in [6.07, 6.45) is 1.31. The van der Waals surface area contributed by atoms with Crippen LogP contribution in [0.4, 0.5) is 10.1 Å². The third-order valence-electron chi connectivity index (χ3n) is 2.45. The first-order valence-corrected chi connectivity index (χ1v) is 8.09. The third kappa shape index (κ3) is 4.36. The van der Waals surface area contributed by atoms with Crippen LogP contribution < -0.4 is 0 Å². The molecule has 0 fully saturated rings. The molecule has 0 spiro atoms. The quantitative estimate of drug-likeness (QED) is 0.259. The van der Waals surface area contributed by atoms with Crippen LogP contribution in [-0.4, -0.2) is 25.9 Å². The lowest BCUT2D eigenvalue weighted by molar-refractivity contribution is -0.387. The Morgan fingerprint density at radius 2 is 2.10 bits per heavy atom. The minimum atomic E-state index is -4.59. The lowest BCUT2D eigenvalue weighted by Gasteiger charge is -2.06. The van der Waals surface area contributed by atoms with Crippen molar-refractivity contribution in [2.75, 3.05) is 6.61 Å². The number of carbonyl (C=O) groups excluding carboxylic acids is 1. The number of unbranched alkanes of at least 4 members (excludes halogenated alkanes) is 1. The first-order valence-electron chi connectivity index (χ1n) is 5.78. The maximum atomic E-state index is 13.7. The topological polar surface area (TPSA) is 104 Å². The number of nitro groups is 1. The van der Waals surface area contributed by atoms with Crippen LogP contribution in [-0.2, 0) is 13.8 Å². The van der Waals surface area contributed by atoms with Gasteiger partial charge in [-0.3, -0.25) is 10.1 Å². The van der Waals surface area contributed by atoms with Crippen LogP contribution in [0.25, 0.3) is 0 Å². The first-order chi connectivity index (χ1) is 9.68. The number of ether oxygens (including phenoxy) is 1. The molecule has 0 bridgehead atoms. The summed E-state index contributed by atoms with van der Waals surface area (Å²) in [4.78, 5) is 20.1. The SMILES string of the molecule is CCCCOC(=O)c1cc([N+](=O)[O-])c(F)c(S(=O)(=O)Cl)c1. The summed E-state index contributed by atoms with van der Waals surface area (Å²) >= 11 is 0. The molecule has 1 aromatic rings. The molecule has 1 aromatic carbocycles. The van der Waals surface area contributed by atoms with Gasteiger partial charge in [-0.25, -0.2) is 13.2 Å². The lowest BCUT2D eigenvalue weighted by Crippen LogP contribution is -2.10. The van der Waals surface area contributed by atoms with Gasteiger partial charge in [-0.05, 0) is 12.5 Å². The van der Waals surface area contributed by atoms with E-state index >= 15 is 0 Å². The van der Waals surface area contributed by atoms with E-state index in [2.05, 4.69) is 0 Å². The van der Waals surface area contributed by atoms with E-state index in [1.807, 2.05) is 6.92 Å². The fourth-order valence-electron chi connectivity index (χ4n) is 1.40. The van der Waals surface area contributed by atoms with Crippen molar-refractivity contribution in [3.63, 3.8) is 0 Å². The Morgan fingerprint density at radius 3 is 2.57 bits per heavy atom. The Bertz CT molecular complexity index is 676. The molecule has 0 saturated carbocycles. The summed E-state index contributed by atoms with van der Waals surface area (Å²) in [7, 11) is 0.416. The minimum Gasteiger partial charge on any atom is -0.462 e. The van der Waals surface area contributed by atoms with Gasteiger partial charge in [0.25, 0.3) is 9.05 Å². The van der Waals surface area contributed by atoms with Crippen molar-refractivity contribution in [1.29, 1.82) is 0 Å². The molecule has 0 aliphatic heterocycles. The molecule has 116 valence electrons. The fourth-order valence-corrected chi connectivity index (χ4v) is 2.33. The van der Waals surface area contributed by atoms with E-state index in [-0.39, 0.29) is 6.61 Å². The molecule has 0 saturated heterocycles. The van der Waals surface area contributed by atoms with E-state index in [1.54, 1.807) is 0 Å². The summed E-state index contributed by atoms with van der Waals surface area (Å²) in [5.74, 6) is -2.62. The number of hydrogen-bond donors (Lipinski definition) is 0. The van der Waals surface area contributed by atoms with Crippen LogP contribution in [0.2, 0.25) is 0 Å². The van der Waals surface area contributed by atoms with Crippen LogP contribution in [0, 0.1) is 15.9 Å². The molecule has 0 aromatic heterocycles. The molecule has 21 heavy (non-hydrogen) atoms. The van der Waals surface area contributed by atoms with E-state index in [4.69, 9.17) is 15.4 Å². The number of hydrogen-bond acceptors (Lipinski definition) is 6. The van der Waals surface area contributed by atoms with Crippen LogP contribution >= 0.6 is 10.7 Å². The number of nitrogens with zero attached hydrogens (tertiary/aromatic N) is 1. The van der Waals surface area contributed by atoms with Crippen molar-refractivity contribution in [1.82, 2.24) is 0 Å². The normalized spacial score (nSPS) is 11.2. The molecule has 7 nitrogen and oxygen atoms in total. The van der Waals surface area contributed by atoms with E-state index in [1.165, 1.54) is 0 Å². The van der Waals surface area contributed by atoms with E-state index < -0.39 is 41.9 Å². The smallest absolute Gasteiger partial charge is 0.338 e. The highest BCUT2D eigenvalue weighted by molar-refractivity contribution is 8.13. The number of benzene rings is 1. The fraction of sp³-hybridized carbons (Fsp3) is 0.364. The summed E-state index contributed by atoms with van der Waals surface area (Å²) in [6, 6.07) is 1.22. The van der Waals surface area contributed by atoms with E-state index in [9.17, 15) is 27.7 Å². The summed E-state index contributed by atoms with van der Waals surface area (Å²) in [5.41, 5.74) is -1.63. The Morgan fingerprint density at radius 1 is 1.48 bits per heavy atom. The second kappa shape index (κ2) is 6.81. The number of rotatable bonds is 6. The molecular formula is C11H11ClFNO6S. The van der Waals surface area contributed by atoms with E-state index in [0.29, 0.717) is 18.6 Å². The van der Waals surface area contributed by atoms with Gasteiger partial charge in [0, 0.05) is 16.7 Å². The van der Waals surface area contributed by atoms with Gasteiger partial charge in [-0.15, -0.1) is 0 Å². The van der Waals surface area contributed by atoms with Gasteiger partial charge < -0.3 is 4.74 Å². The number of carbonyl (C=O) groups is 1. The van der Waals surface area contributed by atoms with Crippen molar-refractivity contribution in [2.45, 2.75) is 24.7 Å². The van der Waals surface area contributed by atoms with E-state index in [0.717, 1.165) is 6.42 Å². The maximum absolute atomic E-state index is 13.7.